The maximum Gasteiger partial charge on any atom is 0.311 e. The molecule has 0 saturated carbocycles. The van der Waals surface area contributed by atoms with Crippen molar-refractivity contribution in [2.24, 2.45) is 0 Å². The Labute approximate surface area is 155 Å². The predicted octanol–water partition coefficient (Wildman–Crippen LogP) is 3.09. The molecule has 1 atom stereocenters. The minimum atomic E-state index is -1.25. The number of halogens is 2. The second-order valence-electron chi connectivity index (χ2n) is 5.57. The van der Waals surface area contributed by atoms with E-state index in [4.69, 9.17) is 14.2 Å². The molecule has 0 spiro atoms. The Kier molecular flexibility index (Phi) is 6.70. The highest BCUT2D eigenvalue weighted by Crippen LogP contribution is 2.25. The van der Waals surface area contributed by atoms with E-state index in [9.17, 15) is 18.4 Å². The largest absolute Gasteiger partial charge is 0.497 e. The van der Waals surface area contributed by atoms with Crippen molar-refractivity contribution >= 4 is 17.6 Å². The zero-order chi connectivity index (χ0) is 20.0. The summed E-state index contributed by atoms with van der Waals surface area (Å²) in [5, 5.41) is 2.08. The van der Waals surface area contributed by atoms with Gasteiger partial charge in [-0.05, 0) is 25.1 Å². The van der Waals surface area contributed by atoms with Crippen molar-refractivity contribution in [1.29, 1.82) is 0 Å². The lowest BCUT2D eigenvalue weighted by Crippen LogP contribution is -2.31. The monoisotopic (exact) mass is 379 g/mol. The van der Waals surface area contributed by atoms with Crippen LogP contribution >= 0.6 is 0 Å². The molecule has 0 aliphatic carbocycles. The summed E-state index contributed by atoms with van der Waals surface area (Å²) in [5.41, 5.74) is -0.0571. The van der Waals surface area contributed by atoms with E-state index < -0.39 is 35.3 Å². The number of methoxy groups -OCH3 is 2. The van der Waals surface area contributed by atoms with Gasteiger partial charge in [-0.1, -0.05) is 12.1 Å². The molecule has 8 heteroatoms. The Balaban J connectivity index is 2.00. The lowest BCUT2D eigenvalue weighted by Gasteiger charge is -2.15. The lowest BCUT2D eigenvalue weighted by molar-refractivity contribution is -0.152. The molecule has 0 heterocycles. The van der Waals surface area contributed by atoms with Crippen molar-refractivity contribution in [2.75, 3.05) is 19.5 Å². The normalized spacial score (nSPS) is 11.4. The van der Waals surface area contributed by atoms with Gasteiger partial charge < -0.3 is 19.5 Å². The zero-order valence-corrected chi connectivity index (χ0v) is 15.0. The highest BCUT2D eigenvalue weighted by Gasteiger charge is 2.21. The summed E-state index contributed by atoms with van der Waals surface area (Å²) in [6, 6.07) is 8.09. The van der Waals surface area contributed by atoms with E-state index in [1.807, 2.05) is 0 Å². The van der Waals surface area contributed by atoms with E-state index in [0.29, 0.717) is 17.1 Å². The Bertz CT molecular complexity index is 821. The first-order valence-corrected chi connectivity index (χ1v) is 8.01. The van der Waals surface area contributed by atoms with Gasteiger partial charge in [0.1, 0.15) is 28.8 Å². The average Bonchev–Trinajstić information content (AvgIpc) is 2.64. The molecule has 2 rings (SSSR count). The molecule has 2 aromatic rings. The highest BCUT2D eigenvalue weighted by molar-refractivity contribution is 5.95. The van der Waals surface area contributed by atoms with Gasteiger partial charge >= 0.3 is 5.97 Å². The van der Waals surface area contributed by atoms with Crippen LogP contribution in [0.4, 0.5) is 14.5 Å². The van der Waals surface area contributed by atoms with Crippen LogP contribution in [0.2, 0.25) is 0 Å². The maximum absolute atomic E-state index is 13.6. The van der Waals surface area contributed by atoms with Crippen LogP contribution in [0.3, 0.4) is 0 Å². The summed E-state index contributed by atoms with van der Waals surface area (Å²) in [6.45, 7) is 1.30. The first-order valence-electron chi connectivity index (χ1n) is 8.01. The van der Waals surface area contributed by atoms with Gasteiger partial charge in [0.05, 0.1) is 20.6 Å². The number of rotatable bonds is 7. The second kappa shape index (κ2) is 8.98. The van der Waals surface area contributed by atoms with Gasteiger partial charge in [-0.3, -0.25) is 9.59 Å². The fourth-order valence-electron chi connectivity index (χ4n) is 2.29. The van der Waals surface area contributed by atoms with Gasteiger partial charge in [-0.15, -0.1) is 0 Å². The molecular formula is C19H19F2NO5. The third-order valence-corrected chi connectivity index (χ3v) is 3.72. The van der Waals surface area contributed by atoms with Gasteiger partial charge in [0.2, 0.25) is 0 Å². The molecule has 0 bridgehead atoms. The Morgan fingerprint density at radius 1 is 1.07 bits per heavy atom. The molecule has 0 aliphatic heterocycles. The van der Waals surface area contributed by atoms with Crippen LogP contribution in [-0.4, -0.2) is 32.2 Å². The fraction of sp³-hybridized carbons (Fsp3) is 0.263. The van der Waals surface area contributed by atoms with E-state index in [1.165, 1.54) is 27.2 Å². The molecule has 0 aromatic heterocycles. The molecule has 0 radical (unpaired) electrons. The Hall–Kier alpha value is -3.16. The Morgan fingerprint density at radius 3 is 2.33 bits per heavy atom. The van der Waals surface area contributed by atoms with E-state index in [-0.39, 0.29) is 6.42 Å². The SMILES string of the molecule is COc1ccc(CC(=O)O[C@@H](C)C(=O)Nc2c(F)cccc2F)c(OC)c1. The van der Waals surface area contributed by atoms with Gasteiger partial charge in [0, 0.05) is 11.6 Å². The van der Waals surface area contributed by atoms with E-state index in [2.05, 4.69) is 5.32 Å². The number of para-hydroxylation sites is 1. The predicted molar refractivity (Wildman–Crippen MR) is 93.8 cm³/mol. The van der Waals surface area contributed by atoms with Crippen LogP contribution in [0.15, 0.2) is 36.4 Å². The molecule has 27 heavy (non-hydrogen) atoms. The molecule has 6 nitrogen and oxygen atoms in total. The standard InChI is InChI=1S/C19H19F2NO5/c1-11(19(24)22-18-14(20)5-4-6-15(18)21)27-17(23)9-12-7-8-13(25-2)10-16(12)26-3/h4-8,10-11H,9H2,1-3H3,(H,22,24)/t11-/m0/s1. The molecule has 0 fully saturated rings. The van der Waals surface area contributed by atoms with Crippen molar-refractivity contribution in [2.45, 2.75) is 19.4 Å². The van der Waals surface area contributed by atoms with E-state index in [1.54, 1.807) is 18.2 Å². The van der Waals surface area contributed by atoms with Crippen LogP contribution in [0, 0.1) is 11.6 Å². The van der Waals surface area contributed by atoms with Crippen LogP contribution in [0.1, 0.15) is 12.5 Å². The van der Waals surface area contributed by atoms with E-state index >= 15 is 0 Å². The minimum absolute atomic E-state index is 0.154. The number of carbonyl (C=O) groups excluding carboxylic acids is 2. The second-order valence-corrected chi connectivity index (χ2v) is 5.57. The summed E-state index contributed by atoms with van der Waals surface area (Å²) in [7, 11) is 2.95. The maximum atomic E-state index is 13.6. The summed E-state index contributed by atoms with van der Waals surface area (Å²) < 4.78 is 42.5. The summed E-state index contributed by atoms with van der Waals surface area (Å²) in [4.78, 5) is 24.1. The number of benzene rings is 2. The Morgan fingerprint density at radius 2 is 1.74 bits per heavy atom. The van der Waals surface area contributed by atoms with Crippen molar-refractivity contribution in [3.63, 3.8) is 0 Å². The van der Waals surface area contributed by atoms with Gasteiger partial charge in [0.25, 0.3) is 5.91 Å². The smallest absolute Gasteiger partial charge is 0.311 e. The molecular weight excluding hydrogens is 360 g/mol. The highest BCUT2D eigenvalue weighted by atomic mass is 19.1. The molecule has 2 aromatic carbocycles. The average molecular weight is 379 g/mol. The molecule has 0 saturated heterocycles. The third kappa shape index (κ3) is 5.16. The number of hydrogen-bond donors (Lipinski definition) is 1. The fourth-order valence-corrected chi connectivity index (χ4v) is 2.29. The molecule has 144 valence electrons. The number of hydrogen-bond acceptors (Lipinski definition) is 5. The molecule has 0 unspecified atom stereocenters. The van der Waals surface area contributed by atoms with Gasteiger partial charge in [0.15, 0.2) is 6.10 Å². The summed E-state index contributed by atoms with van der Waals surface area (Å²) in [5.74, 6) is -2.42. The number of carbonyl (C=O) groups is 2. The number of esters is 1. The zero-order valence-electron chi connectivity index (χ0n) is 15.0. The van der Waals surface area contributed by atoms with Crippen molar-refractivity contribution < 1.29 is 32.6 Å². The van der Waals surface area contributed by atoms with Crippen LogP contribution in [-0.2, 0) is 20.7 Å². The number of anilines is 1. The third-order valence-electron chi connectivity index (χ3n) is 3.72. The van der Waals surface area contributed by atoms with Crippen LogP contribution < -0.4 is 14.8 Å². The lowest BCUT2D eigenvalue weighted by atomic mass is 10.1. The molecule has 1 N–H and O–H groups in total. The van der Waals surface area contributed by atoms with Gasteiger partial charge in [-0.25, -0.2) is 8.78 Å². The van der Waals surface area contributed by atoms with E-state index in [0.717, 1.165) is 12.1 Å². The number of amides is 1. The van der Waals surface area contributed by atoms with Crippen molar-refractivity contribution in [3.05, 3.63) is 53.6 Å². The van der Waals surface area contributed by atoms with Crippen LogP contribution in [0.5, 0.6) is 11.5 Å². The summed E-state index contributed by atoms with van der Waals surface area (Å²) >= 11 is 0. The van der Waals surface area contributed by atoms with Crippen LogP contribution in [0.25, 0.3) is 0 Å². The number of ether oxygens (including phenoxy) is 3. The minimum Gasteiger partial charge on any atom is -0.497 e. The molecule has 0 aliphatic rings. The topological polar surface area (TPSA) is 73.9 Å². The summed E-state index contributed by atoms with van der Waals surface area (Å²) in [6.07, 6.45) is -1.40. The first kappa shape index (κ1) is 20.2. The van der Waals surface area contributed by atoms with Crippen molar-refractivity contribution in [3.8, 4) is 11.5 Å². The first-order chi connectivity index (χ1) is 12.8. The number of nitrogens with one attached hydrogen (secondary N) is 1. The molecule has 1 amide bonds. The van der Waals surface area contributed by atoms with Gasteiger partial charge in [-0.2, -0.15) is 0 Å². The van der Waals surface area contributed by atoms with Crippen molar-refractivity contribution in [1.82, 2.24) is 0 Å². The quantitative estimate of drug-likeness (QED) is 0.749.